The van der Waals surface area contributed by atoms with Crippen molar-refractivity contribution >= 4 is 5.78 Å². The second-order valence-electron chi connectivity index (χ2n) is 5.17. The van der Waals surface area contributed by atoms with Gasteiger partial charge in [-0.2, -0.15) is 0 Å². The third-order valence-corrected chi connectivity index (χ3v) is 3.34. The number of ether oxygens (including phenoxy) is 2. The van der Waals surface area contributed by atoms with E-state index in [1.54, 1.807) is 31.2 Å². The maximum Gasteiger partial charge on any atom is 0.159 e. The van der Waals surface area contributed by atoms with Crippen molar-refractivity contribution in [2.45, 2.75) is 26.7 Å². The standard InChI is InChI=1S/C19H22O3/c1-3-4-16-5-9-18(10-6-16)21-13-14-22-19-11-7-17(8-12-19)15(2)20/h5-12H,3-4,13-14H2,1-2H3. The minimum Gasteiger partial charge on any atom is -0.490 e. The van der Waals surface area contributed by atoms with Crippen molar-refractivity contribution in [1.29, 1.82) is 0 Å². The predicted molar refractivity (Wildman–Crippen MR) is 87.9 cm³/mol. The Morgan fingerprint density at radius 2 is 1.36 bits per heavy atom. The van der Waals surface area contributed by atoms with Crippen LogP contribution in [0.2, 0.25) is 0 Å². The molecule has 0 radical (unpaired) electrons. The number of carbonyl (C=O) groups excluding carboxylic acids is 1. The zero-order valence-corrected chi connectivity index (χ0v) is 13.2. The van der Waals surface area contributed by atoms with Crippen LogP contribution in [0.3, 0.4) is 0 Å². The van der Waals surface area contributed by atoms with Crippen LogP contribution in [-0.4, -0.2) is 19.0 Å². The monoisotopic (exact) mass is 298 g/mol. The van der Waals surface area contributed by atoms with Gasteiger partial charge in [0.2, 0.25) is 0 Å². The Labute approximate surface area is 131 Å². The molecule has 0 aliphatic rings. The van der Waals surface area contributed by atoms with Crippen molar-refractivity contribution in [3.8, 4) is 11.5 Å². The average molecular weight is 298 g/mol. The van der Waals surface area contributed by atoms with Gasteiger partial charge in [-0.25, -0.2) is 0 Å². The van der Waals surface area contributed by atoms with E-state index in [2.05, 4.69) is 19.1 Å². The summed E-state index contributed by atoms with van der Waals surface area (Å²) in [7, 11) is 0. The van der Waals surface area contributed by atoms with E-state index in [1.807, 2.05) is 12.1 Å². The summed E-state index contributed by atoms with van der Waals surface area (Å²) < 4.78 is 11.2. The summed E-state index contributed by atoms with van der Waals surface area (Å²) in [5.74, 6) is 1.66. The summed E-state index contributed by atoms with van der Waals surface area (Å²) in [4.78, 5) is 11.2. The van der Waals surface area contributed by atoms with E-state index in [1.165, 1.54) is 5.56 Å². The van der Waals surface area contributed by atoms with Crippen LogP contribution in [0.15, 0.2) is 48.5 Å². The highest BCUT2D eigenvalue weighted by atomic mass is 16.5. The van der Waals surface area contributed by atoms with Crippen LogP contribution in [0.4, 0.5) is 0 Å². The Bertz CT molecular complexity index is 585. The number of hydrogen-bond acceptors (Lipinski definition) is 3. The second kappa shape index (κ2) is 8.23. The molecule has 0 amide bonds. The van der Waals surface area contributed by atoms with Crippen LogP contribution in [0.1, 0.15) is 36.2 Å². The smallest absolute Gasteiger partial charge is 0.159 e. The van der Waals surface area contributed by atoms with E-state index in [0.717, 1.165) is 24.3 Å². The molecule has 0 aromatic heterocycles. The van der Waals surface area contributed by atoms with Crippen LogP contribution in [0.25, 0.3) is 0 Å². The lowest BCUT2D eigenvalue weighted by Gasteiger charge is -2.09. The molecule has 0 saturated heterocycles. The molecule has 0 bridgehead atoms. The molecule has 0 spiro atoms. The van der Waals surface area contributed by atoms with Gasteiger partial charge in [0, 0.05) is 5.56 Å². The molecule has 0 heterocycles. The Kier molecular flexibility index (Phi) is 6.01. The first-order valence-electron chi connectivity index (χ1n) is 7.64. The lowest BCUT2D eigenvalue weighted by atomic mass is 10.1. The summed E-state index contributed by atoms with van der Waals surface area (Å²) in [5.41, 5.74) is 2.02. The molecule has 2 rings (SSSR count). The second-order valence-corrected chi connectivity index (χ2v) is 5.17. The van der Waals surface area contributed by atoms with Gasteiger partial charge >= 0.3 is 0 Å². The molecule has 0 aliphatic carbocycles. The van der Waals surface area contributed by atoms with Crippen LogP contribution in [0.5, 0.6) is 11.5 Å². The molecule has 22 heavy (non-hydrogen) atoms. The topological polar surface area (TPSA) is 35.5 Å². The molecule has 2 aromatic rings. The minimum absolute atomic E-state index is 0.0569. The summed E-state index contributed by atoms with van der Waals surface area (Å²) in [6.07, 6.45) is 2.25. The van der Waals surface area contributed by atoms with Crippen LogP contribution in [0, 0.1) is 0 Å². The molecule has 0 atom stereocenters. The van der Waals surface area contributed by atoms with E-state index < -0.39 is 0 Å². The Balaban J connectivity index is 1.73. The van der Waals surface area contributed by atoms with Gasteiger partial charge in [-0.3, -0.25) is 4.79 Å². The highest BCUT2D eigenvalue weighted by molar-refractivity contribution is 5.94. The van der Waals surface area contributed by atoms with Gasteiger partial charge in [-0.1, -0.05) is 25.5 Å². The zero-order chi connectivity index (χ0) is 15.8. The molecule has 3 nitrogen and oxygen atoms in total. The van der Waals surface area contributed by atoms with E-state index in [9.17, 15) is 4.79 Å². The van der Waals surface area contributed by atoms with Crippen molar-refractivity contribution < 1.29 is 14.3 Å². The van der Waals surface area contributed by atoms with Gasteiger partial charge in [-0.05, 0) is 55.3 Å². The first-order valence-corrected chi connectivity index (χ1v) is 7.64. The maximum absolute atomic E-state index is 11.2. The normalized spacial score (nSPS) is 10.3. The van der Waals surface area contributed by atoms with E-state index in [-0.39, 0.29) is 5.78 Å². The lowest BCUT2D eigenvalue weighted by Crippen LogP contribution is -2.09. The Morgan fingerprint density at radius 3 is 1.82 bits per heavy atom. The minimum atomic E-state index is 0.0569. The van der Waals surface area contributed by atoms with Crippen molar-refractivity contribution in [2.24, 2.45) is 0 Å². The molecule has 116 valence electrons. The molecule has 0 N–H and O–H groups in total. The van der Waals surface area contributed by atoms with Gasteiger partial charge in [0.05, 0.1) is 0 Å². The van der Waals surface area contributed by atoms with Crippen molar-refractivity contribution in [1.82, 2.24) is 0 Å². The highest BCUT2D eigenvalue weighted by Crippen LogP contribution is 2.14. The van der Waals surface area contributed by atoms with Gasteiger partial charge in [-0.15, -0.1) is 0 Å². The maximum atomic E-state index is 11.2. The summed E-state index contributed by atoms with van der Waals surface area (Å²) in [6, 6.07) is 15.3. The summed E-state index contributed by atoms with van der Waals surface area (Å²) in [6.45, 7) is 4.68. The molecule has 2 aromatic carbocycles. The predicted octanol–water partition coefficient (Wildman–Crippen LogP) is 4.30. The molecule has 0 saturated carbocycles. The van der Waals surface area contributed by atoms with Gasteiger partial charge in [0.15, 0.2) is 5.78 Å². The molecular weight excluding hydrogens is 276 g/mol. The highest BCUT2D eigenvalue weighted by Gasteiger charge is 2.00. The molecule has 0 fully saturated rings. The molecular formula is C19H22O3. The molecule has 3 heteroatoms. The van der Waals surface area contributed by atoms with Gasteiger partial charge in [0.25, 0.3) is 0 Å². The fraction of sp³-hybridized carbons (Fsp3) is 0.316. The number of rotatable bonds is 8. The number of benzene rings is 2. The largest absolute Gasteiger partial charge is 0.490 e. The Morgan fingerprint density at radius 1 is 0.864 bits per heavy atom. The fourth-order valence-corrected chi connectivity index (χ4v) is 2.15. The quantitative estimate of drug-likeness (QED) is 0.538. The van der Waals surface area contributed by atoms with Crippen LogP contribution in [-0.2, 0) is 6.42 Å². The van der Waals surface area contributed by atoms with Crippen molar-refractivity contribution in [2.75, 3.05) is 13.2 Å². The van der Waals surface area contributed by atoms with Gasteiger partial charge in [0.1, 0.15) is 24.7 Å². The third kappa shape index (κ3) is 4.92. The zero-order valence-electron chi connectivity index (χ0n) is 13.2. The van der Waals surface area contributed by atoms with Crippen molar-refractivity contribution in [3.05, 3.63) is 59.7 Å². The van der Waals surface area contributed by atoms with E-state index in [4.69, 9.17) is 9.47 Å². The lowest BCUT2D eigenvalue weighted by molar-refractivity contribution is 0.101. The third-order valence-electron chi connectivity index (χ3n) is 3.34. The van der Waals surface area contributed by atoms with Crippen LogP contribution < -0.4 is 9.47 Å². The SMILES string of the molecule is CCCc1ccc(OCCOc2ccc(C(C)=O)cc2)cc1. The number of aryl methyl sites for hydroxylation is 1. The first-order chi connectivity index (χ1) is 10.7. The number of ketones is 1. The Hall–Kier alpha value is -2.29. The van der Waals surface area contributed by atoms with Gasteiger partial charge < -0.3 is 9.47 Å². The molecule has 0 unspecified atom stereocenters. The first kappa shape index (κ1) is 16.1. The van der Waals surface area contributed by atoms with Crippen molar-refractivity contribution in [3.63, 3.8) is 0 Å². The van der Waals surface area contributed by atoms with Crippen LogP contribution >= 0.6 is 0 Å². The number of carbonyl (C=O) groups is 1. The fourth-order valence-electron chi connectivity index (χ4n) is 2.15. The van der Waals surface area contributed by atoms with E-state index in [0.29, 0.717) is 18.8 Å². The van der Waals surface area contributed by atoms with E-state index >= 15 is 0 Å². The number of Topliss-reactive ketones (excluding diaryl/α,β-unsaturated/α-hetero) is 1. The number of hydrogen-bond donors (Lipinski definition) is 0. The summed E-state index contributed by atoms with van der Waals surface area (Å²) >= 11 is 0. The summed E-state index contributed by atoms with van der Waals surface area (Å²) in [5, 5.41) is 0. The average Bonchev–Trinajstić information content (AvgIpc) is 2.54. The molecule has 0 aliphatic heterocycles.